The molecule has 0 aliphatic heterocycles. The van der Waals surface area contributed by atoms with Crippen LogP contribution in [0.5, 0.6) is 0 Å². The van der Waals surface area contributed by atoms with Crippen molar-refractivity contribution in [3.63, 3.8) is 0 Å². The van der Waals surface area contributed by atoms with Gasteiger partial charge in [-0.25, -0.2) is 4.57 Å². The molecule has 3 N–H and O–H groups in total. The maximum absolute atomic E-state index is 12.5. The zero-order valence-electron chi connectivity index (χ0n) is 32.1. The minimum Gasteiger partial charge on any atom is -0.457 e. The van der Waals surface area contributed by atoms with Gasteiger partial charge in [0.1, 0.15) is 6.10 Å². The Morgan fingerprint density at radius 1 is 0.600 bits per heavy atom. The van der Waals surface area contributed by atoms with Gasteiger partial charge in [0, 0.05) is 19.6 Å². The van der Waals surface area contributed by atoms with Gasteiger partial charge in [-0.05, 0) is 70.6 Å². The van der Waals surface area contributed by atoms with E-state index in [9.17, 15) is 14.3 Å². The lowest BCUT2D eigenvalue weighted by Crippen LogP contribution is -2.28. The first-order chi connectivity index (χ1) is 24.4. The van der Waals surface area contributed by atoms with Gasteiger partial charge in [0.15, 0.2) is 0 Å². The third kappa shape index (κ3) is 37.7. The summed E-state index contributed by atoms with van der Waals surface area (Å²) in [6.07, 6.45) is 44.0. The highest BCUT2D eigenvalue weighted by Crippen LogP contribution is 2.43. The van der Waals surface area contributed by atoms with E-state index >= 15 is 0 Å². The minimum atomic E-state index is -4.28. The summed E-state index contributed by atoms with van der Waals surface area (Å²) in [5, 5.41) is 0. The van der Waals surface area contributed by atoms with Gasteiger partial charge in [0.25, 0.3) is 0 Å². The molecule has 292 valence electrons. The first kappa shape index (κ1) is 48.5. The predicted molar refractivity (Wildman–Crippen MR) is 210 cm³/mol. The number of rotatable bonds is 38. The maximum atomic E-state index is 12.5. The molecule has 0 radical (unpaired) electrons. The minimum absolute atomic E-state index is 0.0954. The summed E-state index contributed by atoms with van der Waals surface area (Å²) >= 11 is 0. The summed E-state index contributed by atoms with van der Waals surface area (Å²) in [4.78, 5) is 22.4. The lowest BCUT2D eigenvalue weighted by atomic mass is 10.1. The van der Waals surface area contributed by atoms with Gasteiger partial charge in [-0.1, -0.05) is 140 Å². The summed E-state index contributed by atoms with van der Waals surface area (Å²) in [5.41, 5.74) is 5.35. The van der Waals surface area contributed by atoms with Gasteiger partial charge >= 0.3 is 13.8 Å². The highest BCUT2D eigenvalue weighted by Gasteiger charge is 2.25. The fourth-order valence-corrected chi connectivity index (χ4v) is 5.98. The van der Waals surface area contributed by atoms with E-state index in [-0.39, 0.29) is 32.3 Å². The molecule has 0 aromatic carbocycles. The third-order valence-electron chi connectivity index (χ3n) is 8.22. The van der Waals surface area contributed by atoms with E-state index in [0.29, 0.717) is 13.0 Å². The van der Waals surface area contributed by atoms with Crippen LogP contribution in [0, 0.1) is 0 Å². The zero-order chi connectivity index (χ0) is 36.6. The topological polar surface area (TPSA) is 117 Å². The monoisotopic (exact) mass is 726 g/mol. The van der Waals surface area contributed by atoms with E-state index in [4.69, 9.17) is 24.3 Å². The van der Waals surface area contributed by atoms with Crippen molar-refractivity contribution in [1.82, 2.24) is 0 Å². The van der Waals surface area contributed by atoms with Gasteiger partial charge in [-0.2, -0.15) is 0 Å². The van der Waals surface area contributed by atoms with E-state index in [2.05, 4.69) is 62.5 Å². The molecule has 0 spiro atoms. The molecule has 0 aliphatic rings. The number of ether oxygens (including phenoxy) is 2. The number of carbonyl (C=O) groups is 1. The van der Waals surface area contributed by atoms with Crippen molar-refractivity contribution in [3.8, 4) is 0 Å². The summed E-state index contributed by atoms with van der Waals surface area (Å²) < 4.78 is 33.3. The smallest absolute Gasteiger partial charge is 0.457 e. The van der Waals surface area contributed by atoms with Gasteiger partial charge in [0.05, 0.1) is 19.8 Å². The Labute approximate surface area is 307 Å². The Bertz CT molecular complexity index is 905. The standard InChI is InChI=1S/C41H76NO7P/c1-3-5-7-9-11-13-15-17-18-19-20-21-22-23-24-26-28-30-32-34-41(43)49-40(39-48-50(44,45)47-37-35-42)38-46-36-33-31-29-27-25-16-14-12-10-8-6-4-2/h10-13,17-18,20-21,40H,3-9,14-16,19,22-39,42H2,1-2H3,(H,44,45)/b12-10-,13-11-,18-17-,21-20-. The second kappa shape index (κ2) is 38.7. The van der Waals surface area contributed by atoms with Crippen LogP contribution in [0.1, 0.15) is 168 Å². The van der Waals surface area contributed by atoms with Crippen LogP contribution < -0.4 is 5.73 Å². The Balaban J connectivity index is 4.09. The van der Waals surface area contributed by atoms with Crippen LogP contribution in [0.25, 0.3) is 0 Å². The number of nitrogens with two attached hydrogens (primary N) is 1. The number of allylic oxidation sites excluding steroid dienone is 8. The van der Waals surface area contributed by atoms with Crippen LogP contribution in [0.15, 0.2) is 48.6 Å². The van der Waals surface area contributed by atoms with Crippen LogP contribution in [0.2, 0.25) is 0 Å². The van der Waals surface area contributed by atoms with Gasteiger partial charge in [-0.3, -0.25) is 13.8 Å². The Morgan fingerprint density at radius 2 is 1.08 bits per heavy atom. The average Bonchev–Trinajstić information content (AvgIpc) is 3.10. The lowest BCUT2D eigenvalue weighted by molar-refractivity contribution is -0.154. The molecule has 2 atom stereocenters. The van der Waals surface area contributed by atoms with Gasteiger partial charge in [-0.15, -0.1) is 0 Å². The molecule has 0 rings (SSSR count). The first-order valence-corrected chi connectivity index (χ1v) is 21.6. The molecule has 0 heterocycles. The van der Waals surface area contributed by atoms with Crippen LogP contribution >= 0.6 is 7.82 Å². The average molecular weight is 726 g/mol. The second-order valence-electron chi connectivity index (χ2n) is 13.1. The second-order valence-corrected chi connectivity index (χ2v) is 14.6. The molecule has 0 aliphatic carbocycles. The predicted octanol–water partition coefficient (Wildman–Crippen LogP) is 11.6. The van der Waals surface area contributed by atoms with Crippen LogP contribution in [0.4, 0.5) is 0 Å². The summed E-state index contributed by atoms with van der Waals surface area (Å²) in [6, 6.07) is 0. The number of hydrogen-bond acceptors (Lipinski definition) is 7. The van der Waals surface area contributed by atoms with Crippen molar-refractivity contribution >= 4 is 13.8 Å². The van der Waals surface area contributed by atoms with Crippen LogP contribution in [-0.2, 0) is 27.9 Å². The van der Waals surface area contributed by atoms with E-state index in [1.54, 1.807) is 0 Å². The number of phosphoric ester groups is 1. The van der Waals surface area contributed by atoms with Gasteiger partial charge < -0.3 is 20.1 Å². The van der Waals surface area contributed by atoms with Crippen molar-refractivity contribution < 1.29 is 32.8 Å². The van der Waals surface area contributed by atoms with Crippen molar-refractivity contribution in [1.29, 1.82) is 0 Å². The van der Waals surface area contributed by atoms with Crippen LogP contribution in [0.3, 0.4) is 0 Å². The summed E-state index contributed by atoms with van der Waals surface area (Å²) in [6.45, 7) is 4.82. The summed E-state index contributed by atoms with van der Waals surface area (Å²) in [5.74, 6) is -0.347. The first-order valence-electron chi connectivity index (χ1n) is 20.1. The number of carbonyl (C=O) groups excluding carboxylic acids is 1. The quantitative estimate of drug-likeness (QED) is 0.0279. The number of phosphoric acid groups is 1. The molecule has 0 bridgehead atoms. The largest absolute Gasteiger partial charge is 0.472 e. The number of unbranched alkanes of at least 4 members (excludes halogenated alkanes) is 17. The normalized spacial score (nSPS) is 14.1. The summed E-state index contributed by atoms with van der Waals surface area (Å²) in [7, 11) is -4.28. The SMILES string of the molecule is CCCC/C=C\CCCCCCCCOCC(COP(=O)(O)OCCN)OC(=O)CCCCCCCC/C=C\C/C=C\C/C=C\CCCCC. The van der Waals surface area contributed by atoms with Crippen molar-refractivity contribution in [3.05, 3.63) is 48.6 Å². The maximum Gasteiger partial charge on any atom is 0.472 e. The molecule has 2 unspecified atom stereocenters. The Kier molecular flexibility index (Phi) is 37.5. The molecule has 0 saturated heterocycles. The molecule has 50 heavy (non-hydrogen) atoms. The number of hydrogen-bond donors (Lipinski definition) is 2. The van der Waals surface area contributed by atoms with E-state index in [1.165, 1.54) is 89.9 Å². The lowest BCUT2D eigenvalue weighted by Gasteiger charge is -2.20. The molecular weight excluding hydrogens is 649 g/mol. The molecule has 0 aromatic heterocycles. The van der Waals surface area contributed by atoms with E-state index in [0.717, 1.165) is 57.8 Å². The third-order valence-corrected chi connectivity index (χ3v) is 9.20. The fourth-order valence-electron chi connectivity index (χ4n) is 5.22. The molecule has 0 saturated carbocycles. The van der Waals surface area contributed by atoms with Crippen LogP contribution in [-0.4, -0.2) is 49.9 Å². The Morgan fingerprint density at radius 3 is 1.66 bits per heavy atom. The molecule has 0 fully saturated rings. The Hall–Kier alpha value is -1.54. The van der Waals surface area contributed by atoms with E-state index < -0.39 is 13.9 Å². The molecular formula is C41H76NO7P. The molecule has 0 aromatic rings. The molecule has 9 heteroatoms. The van der Waals surface area contributed by atoms with Crippen molar-refractivity contribution in [2.45, 2.75) is 174 Å². The highest BCUT2D eigenvalue weighted by atomic mass is 31.2. The number of esters is 1. The van der Waals surface area contributed by atoms with Crippen molar-refractivity contribution in [2.75, 3.05) is 33.0 Å². The van der Waals surface area contributed by atoms with E-state index in [1.807, 2.05) is 0 Å². The highest BCUT2D eigenvalue weighted by molar-refractivity contribution is 7.47. The zero-order valence-corrected chi connectivity index (χ0v) is 33.0. The molecule has 8 nitrogen and oxygen atoms in total. The van der Waals surface area contributed by atoms with Gasteiger partial charge in [0.2, 0.25) is 0 Å². The molecule has 0 amide bonds. The van der Waals surface area contributed by atoms with Crippen molar-refractivity contribution in [2.24, 2.45) is 5.73 Å². The fraction of sp³-hybridized carbons (Fsp3) is 0.780.